The van der Waals surface area contributed by atoms with Gasteiger partial charge >= 0.3 is 0 Å². The normalized spacial score (nSPS) is 41.2. The summed E-state index contributed by atoms with van der Waals surface area (Å²) in [6.07, 6.45) is -5.71. The van der Waals surface area contributed by atoms with Crippen molar-refractivity contribution in [3.63, 3.8) is 0 Å². The van der Waals surface area contributed by atoms with Crippen molar-refractivity contribution in [2.45, 2.75) is 92.4 Å². The molecule has 1 saturated heterocycles. The van der Waals surface area contributed by atoms with Gasteiger partial charge in [-0.1, -0.05) is 0 Å². The number of likely N-dealkylation sites (N-methyl/N-ethyl adjacent to an activating group) is 1. The second kappa shape index (κ2) is 14.8. The lowest BCUT2D eigenvalue weighted by Gasteiger charge is -2.50. The Hall–Kier alpha value is -1.51. The molecule has 3 rings (SSSR count). The van der Waals surface area contributed by atoms with Crippen LogP contribution in [-0.2, 0) is 19.0 Å². The third-order valence-electron chi connectivity index (χ3n) is 8.09. The van der Waals surface area contributed by atoms with Crippen molar-refractivity contribution in [2.75, 3.05) is 39.8 Å². The van der Waals surface area contributed by atoms with Crippen molar-refractivity contribution >= 4 is 5.91 Å². The molecule has 0 radical (unpaired) electrons. The molecule has 13 atom stereocenters. The molecule has 2 heterocycles. The molecule has 0 aromatic rings. The average molecular weight is 592 g/mol. The molecule has 0 spiro atoms. The number of amides is 1. The van der Waals surface area contributed by atoms with Crippen LogP contribution in [0.5, 0.6) is 0 Å². The maximum atomic E-state index is 12.6. The predicted octanol–water partition coefficient (Wildman–Crippen LogP) is -6.15. The van der Waals surface area contributed by atoms with Crippen LogP contribution in [0.4, 0.5) is 0 Å². The predicted molar refractivity (Wildman–Crippen MR) is 147 cm³/mol. The Morgan fingerprint density at radius 3 is 2.54 bits per heavy atom. The number of aliphatic hydroxyl groups is 5. The van der Waals surface area contributed by atoms with Crippen molar-refractivity contribution in [2.24, 2.45) is 28.9 Å². The standard InChI is InChI=1S/C25H49N7O9/c1-25(38)10-39-24(19(36)22(25)30-2)41-21-15(32-23(37)16(34)7-27)5-14(29)17(18(21)35)20-13(28)4-3-12(40-20)9-31-8-11(33)6-26/h3,11,13-22,24,30-31,33-36,38H,4-10,26-29H2,1-2H3,(H,32,37)/t11?,13-,14+,15-,16+,17-,18+,19-,20?,21+,22-,24-,25+/m1/s1. The third-order valence-corrected chi connectivity index (χ3v) is 8.09. The van der Waals surface area contributed by atoms with Crippen molar-refractivity contribution < 1.29 is 44.5 Å². The summed E-state index contributed by atoms with van der Waals surface area (Å²) in [6.45, 7) is 1.67. The van der Waals surface area contributed by atoms with Gasteiger partial charge in [0.05, 0.1) is 37.4 Å². The van der Waals surface area contributed by atoms with E-state index in [1.807, 2.05) is 6.08 Å². The molecule has 16 heteroatoms. The maximum Gasteiger partial charge on any atom is 0.250 e. The summed E-state index contributed by atoms with van der Waals surface area (Å²) in [5.41, 5.74) is 22.4. The minimum absolute atomic E-state index is 0.108. The smallest absolute Gasteiger partial charge is 0.250 e. The zero-order valence-corrected chi connectivity index (χ0v) is 23.6. The molecule has 1 saturated carbocycles. The first kappa shape index (κ1) is 34.0. The number of hydrogen-bond donors (Lipinski definition) is 12. The second-order valence-corrected chi connectivity index (χ2v) is 11.4. The summed E-state index contributed by atoms with van der Waals surface area (Å²) in [5.74, 6) is -0.971. The topological polar surface area (TPSA) is 286 Å². The van der Waals surface area contributed by atoms with Gasteiger partial charge in [-0.2, -0.15) is 0 Å². The van der Waals surface area contributed by atoms with Crippen LogP contribution in [0.15, 0.2) is 11.8 Å². The van der Waals surface area contributed by atoms with Gasteiger partial charge in [0, 0.05) is 37.6 Å². The molecule has 1 amide bonds. The number of hydrogen-bond acceptors (Lipinski definition) is 15. The minimum atomic E-state index is -1.49. The molecule has 16 nitrogen and oxygen atoms in total. The quantitative estimate of drug-likeness (QED) is 0.101. The van der Waals surface area contributed by atoms with Crippen LogP contribution in [0.25, 0.3) is 0 Å². The van der Waals surface area contributed by atoms with E-state index in [0.717, 1.165) is 0 Å². The van der Waals surface area contributed by atoms with Gasteiger partial charge in [-0.25, -0.2) is 0 Å². The van der Waals surface area contributed by atoms with Crippen molar-refractivity contribution in [1.29, 1.82) is 0 Å². The molecule has 16 N–H and O–H groups in total. The molecule has 2 unspecified atom stereocenters. The highest BCUT2D eigenvalue weighted by molar-refractivity contribution is 5.81. The summed E-state index contributed by atoms with van der Waals surface area (Å²) >= 11 is 0. The van der Waals surface area contributed by atoms with Gasteiger partial charge < -0.3 is 78.6 Å². The number of carbonyl (C=O) groups excluding carboxylic acids is 1. The molecule has 41 heavy (non-hydrogen) atoms. The molecule has 2 aliphatic heterocycles. The molecule has 2 fully saturated rings. The first-order valence-electron chi connectivity index (χ1n) is 14.0. The van der Waals surface area contributed by atoms with Crippen LogP contribution < -0.4 is 38.9 Å². The zero-order chi connectivity index (χ0) is 30.5. The molecule has 0 bridgehead atoms. The van der Waals surface area contributed by atoms with Crippen molar-refractivity contribution in [3.8, 4) is 0 Å². The number of carbonyl (C=O) groups is 1. The highest BCUT2D eigenvalue weighted by atomic mass is 16.7. The number of rotatable bonds is 12. The summed E-state index contributed by atoms with van der Waals surface area (Å²) < 4.78 is 17.9. The van der Waals surface area contributed by atoms with Crippen LogP contribution in [0.2, 0.25) is 0 Å². The molecule has 3 aliphatic rings. The molecule has 238 valence electrons. The minimum Gasteiger partial charge on any atom is -0.492 e. The van der Waals surface area contributed by atoms with E-state index in [-0.39, 0.29) is 32.7 Å². The Labute approximate surface area is 239 Å². The molecular formula is C25H49N7O9. The first-order chi connectivity index (χ1) is 19.3. The fourth-order valence-corrected chi connectivity index (χ4v) is 5.79. The van der Waals surface area contributed by atoms with Gasteiger partial charge in [-0.3, -0.25) is 4.79 Å². The third kappa shape index (κ3) is 8.11. The maximum absolute atomic E-state index is 12.6. The van der Waals surface area contributed by atoms with E-state index in [9.17, 15) is 30.3 Å². The molecular weight excluding hydrogens is 542 g/mol. The summed E-state index contributed by atoms with van der Waals surface area (Å²) in [5, 5.41) is 61.5. The number of ether oxygens (including phenoxy) is 3. The number of aliphatic hydroxyl groups excluding tert-OH is 4. The van der Waals surface area contributed by atoms with Gasteiger partial charge in [-0.05, 0) is 32.9 Å². The zero-order valence-electron chi connectivity index (χ0n) is 23.6. The van der Waals surface area contributed by atoms with Crippen molar-refractivity contribution in [1.82, 2.24) is 16.0 Å². The van der Waals surface area contributed by atoms with Gasteiger partial charge in [0.2, 0.25) is 5.91 Å². The fourth-order valence-electron chi connectivity index (χ4n) is 5.79. The van der Waals surface area contributed by atoms with Gasteiger partial charge in [0.15, 0.2) is 6.29 Å². The van der Waals surface area contributed by atoms with Crippen LogP contribution in [0, 0.1) is 5.92 Å². The van der Waals surface area contributed by atoms with Crippen LogP contribution in [-0.4, -0.2) is 144 Å². The SMILES string of the molecule is CN[C@@H]1[C@@H](O)[C@@H](O[C@@H]2[C@@H](O)[C@H](C3OC(CNCC(O)CN)=CC[C@H]3N)[C@@H](N)C[C@H]2NC(=O)[C@@H](O)CN)OC[C@]1(C)O. The van der Waals surface area contributed by atoms with Crippen LogP contribution in [0.1, 0.15) is 19.8 Å². The first-order valence-corrected chi connectivity index (χ1v) is 14.0. The summed E-state index contributed by atoms with van der Waals surface area (Å²) in [4.78, 5) is 12.6. The average Bonchev–Trinajstić information content (AvgIpc) is 2.92. The Bertz CT molecular complexity index is 884. The monoisotopic (exact) mass is 591 g/mol. The van der Waals surface area contributed by atoms with E-state index in [0.29, 0.717) is 18.7 Å². The van der Waals surface area contributed by atoms with Crippen molar-refractivity contribution in [3.05, 3.63) is 11.8 Å². The highest BCUT2D eigenvalue weighted by Gasteiger charge is 2.53. The fraction of sp³-hybridized carbons (Fsp3) is 0.880. The van der Waals surface area contributed by atoms with E-state index in [1.54, 1.807) is 7.05 Å². The molecule has 0 aromatic carbocycles. The van der Waals surface area contributed by atoms with Crippen LogP contribution in [0.3, 0.4) is 0 Å². The number of nitrogens with one attached hydrogen (secondary N) is 3. The van der Waals surface area contributed by atoms with E-state index >= 15 is 0 Å². The molecule has 1 aliphatic carbocycles. The summed E-state index contributed by atoms with van der Waals surface area (Å²) in [6, 6.07) is -2.95. The Balaban J connectivity index is 1.82. The largest absolute Gasteiger partial charge is 0.492 e. The van der Waals surface area contributed by atoms with Crippen LogP contribution >= 0.6 is 0 Å². The molecule has 0 aromatic heterocycles. The van der Waals surface area contributed by atoms with E-state index in [1.165, 1.54) is 6.92 Å². The second-order valence-electron chi connectivity index (χ2n) is 11.4. The summed E-state index contributed by atoms with van der Waals surface area (Å²) in [7, 11) is 1.57. The van der Waals surface area contributed by atoms with Gasteiger partial charge in [0.25, 0.3) is 0 Å². The lowest BCUT2D eigenvalue weighted by atomic mass is 9.72. The van der Waals surface area contributed by atoms with E-state index in [4.69, 9.17) is 37.1 Å². The Kier molecular flexibility index (Phi) is 12.3. The number of nitrogens with two attached hydrogens (primary N) is 4. The Morgan fingerprint density at radius 2 is 1.90 bits per heavy atom. The van der Waals surface area contributed by atoms with E-state index in [2.05, 4.69) is 16.0 Å². The lowest BCUT2D eigenvalue weighted by Crippen LogP contribution is -2.69. The van der Waals surface area contributed by atoms with Gasteiger partial charge in [-0.15, -0.1) is 0 Å². The Morgan fingerprint density at radius 1 is 1.20 bits per heavy atom. The highest BCUT2D eigenvalue weighted by Crippen LogP contribution is 2.36. The van der Waals surface area contributed by atoms with Gasteiger partial charge in [0.1, 0.15) is 35.8 Å². The van der Waals surface area contributed by atoms with E-state index < -0.39 is 84.5 Å². The lowest BCUT2D eigenvalue weighted by molar-refractivity contribution is -0.297.